The molecule has 7 aromatic rings. The molecule has 1 heterocycles. The minimum absolute atomic E-state index is 0.102. The summed E-state index contributed by atoms with van der Waals surface area (Å²) in [5.74, 6) is 1.48. The molecule has 0 amide bonds. The van der Waals surface area contributed by atoms with Crippen LogP contribution in [0.3, 0.4) is 0 Å². The average Bonchev–Trinajstić information content (AvgIpc) is 3.57. The third kappa shape index (κ3) is 6.05. The zero-order valence-corrected chi connectivity index (χ0v) is 31.5. The Labute approximate surface area is 325 Å². The van der Waals surface area contributed by atoms with Gasteiger partial charge in [-0.1, -0.05) is 181 Å². The van der Waals surface area contributed by atoms with Crippen LogP contribution in [0.4, 0.5) is 0 Å². The van der Waals surface area contributed by atoms with Crippen molar-refractivity contribution in [3.63, 3.8) is 0 Å². The highest BCUT2D eigenvalue weighted by Gasteiger charge is 2.40. The van der Waals surface area contributed by atoms with Crippen molar-refractivity contribution >= 4 is 5.57 Å². The van der Waals surface area contributed by atoms with Crippen molar-refractivity contribution in [1.29, 1.82) is 0 Å². The van der Waals surface area contributed by atoms with Gasteiger partial charge in [-0.25, -0.2) is 0 Å². The Morgan fingerprint density at radius 2 is 1.29 bits per heavy atom. The minimum Gasteiger partial charge on any atom is -0.492 e. The van der Waals surface area contributed by atoms with Crippen molar-refractivity contribution in [2.75, 3.05) is 6.61 Å². The summed E-state index contributed by atoms with van der Waals surface area (Å²) in [6, 6.07) is 61.3. The molecule has 1 aliphatic heterocycles. The van der Waals surface area contributed by atoms with Crippen LogP contribution in [0.15, 0.2) is 182 Å². The molecule has 266 valence electrons. The molecule has 0 fully saturated rings. The molecule has 10 rings (SSSR count). The highest BCUT2D eigenvalue weighted by atomic mass is 16.5. The van der Waals surface area contributed by atoms with Crippen LogP contribution in [0.25, 0.3) is 27.8 Å². The predicted octanol–water partition coefficient (Wildman–Crippen LogP) is 13.2. The van der Waals surface area contributed by atoms with Crippen LogP contribution in [-0.2, 0) is 11.8 Å². The summed E-state index contributed by atoms with van der Waals surface area (Å²) in [5.41, 5.74) is 19.8. The lowest BCUT2D eigenvalue weighted by Crippen LogP contribution is -2.27. The van der Waals surface area contributed by atoms with Crippen LogP contribution in [-0.4, -0.2) is 6.61 Å². The quantitative estimate of drug-likeness (QED) is 0.156. The largest absolute Gasteiger partial charge is 0.492 e. The number of aryl methyl sites for hydroxylation is 2. The molecule has 0 aromatic heterocycles. The van der Waals surface area contributed by atoms with E-state index >= 15 is 0 Å². The maximum atomic E-state index is 6.16. The van der Waals surface area contributed by atoms with E-state index in [1.807, 2.05) is 0 Å². The van der Waals surface area contributed by atoms with E-state index in [1.165, 1.54) is 83.5 Å². The van der Waals surface area contributed by atoms with Gasteiger partial charge in [0.15, 0.2) is 0 Å². The van der Waals surface area contributed by atoms with E-state index in [4.69, 9.17) is 4.74 Å². The lowest BCUT2D eigenvalue weighted by molar-refractivity contribution is 0.298. The summed E-state index contributed by atoms with van der Waals surface area (Å²) in [6.45, 7) is 5.07. The van der Waals surface area contributed by atoms with Gasteiger partial charge in [-0.15, -0.1) is 0 Å². The molecular weight excluding hydrogens is 665 g/mol. The third-order valence-electron chi connectivity index (χ3n) is 12.3. The second-order valence-corrected chi connectivity index (χ2v) is 15.9. The van der Waals surface area contributed by atoms with Gasteiger partial charge in [-0.3, -0.25) is 0 Å². The zero-order valence-electron chi connectivity index (χ0n) is 31.5. The fourth-order valence-corrected chi connectivity index (χ4v) is 9.51. The first kappa shape index (κ1) is 33.4. The van der Waals surface area contributed by atoms with Gasteiger partial charge >= 0.3 is 0 Å². The average molecular weight is 709 g/mol. The summed E-state index contributed by atoms with van der Waals surface area (Å²) in [6.07, 6.45) is 8.79. The van der Waals surface area contributed by atoms with E-state index in [9.17, 15) is 0 Å². The maximum Gasteiger partial charge on any atom is 0.123 e. The maximum absolute atomic E-state index is 6.16. The normalized spacial score (nSPS) is 18.5. The van der Waals surface area contributed by atoms with Crippen LogP contribution >= 0.6 is 0 Å². The topological polar surface area (TPSA) is 9.23 Å². The van der Waals surface area contributed by atoms with Crippen molar-refractivity contribution in [3.8, 4) is 28.0 Å². The van der Waals surface area contributed by atoms with Crippen LogP contribution in [0, 0.1) is 13.8 Å². The molecule has 0 radical (unpaired) electrons. The van der Waals surface area contributed by atoms with Crippen molar-refractivity contribution in [1.82, 2.24) is 0 Å². The fourth-order valence-electron chi connectivity index (χ4n) is 9.51. The molecule has 1 spiro atoms. The Kier molecular flexibility index (Phi) is 8.25. The number of ether oxygens (including phenoxy) is 1. The predicted molar refractivity (Wildman–Crippen MR) is 228 cm³/mol. The third-order valence-corrected chi connectivity index (χ3v) is 12.3. The molecule has 2 aliphatic carbocycles. The van der Waals surface area contributed by atoms with Gasteiger partial charge < -0.3 is 4.74 Å². The van der Waals surface area contributed by atoms with E-state index in [-0.39, 0.29) is 11.3 Å². The van der Waals surface area contributed by atoms with E-state index in [0.717, 1.165) is 18.6 Å². The lowest BCUT2D eigenvalue weighted by atomic mass is 9.73. The molecule has 1 heteroatoms. The van der Waals surface area contributed by atoms with Gasteiger partial charge in [-0.05, 0) is 106 Å². The van der Waals surface area contributed by atoms with Gasteiger partial charge in [0, 0.05) is 17.4 Å². The minimum atomic E-state index is -0.102. The van der Waals surface area contributed by atoms with E-state index in [0.29, 0.717) is 12.5 Å². The number of hydrogen-bond donors (Lipinski definition) is 0. The Hall–Kier alpha value is -6.18. The SMILES string of the molecule is Cc1cccc(C2Cc3ccccc3-c3cc(-c4ccc(C(c5ccc(C6=CC=CC7(COc8ccccc87)C6)cc5)c5cccc(C)c5)cc4)ccc32)c1. The number of benzene rings is 7. The van der Waals surface area contributed by atoms with Gasteiger partial charge in [0.1, 0.15) is 12.4 Å². The molecule has 0 N–H and O–H groups in total. The van der Waals surface area contributed by atoms with Gasteiger partial charge in [0.25, 0.3) is 0 Å². The molecule has 1 nitrogen and oxygen atoms in total. The molecule has 3 atom stereocenters. The molecule has 0 saturated heterocycles. The van der Waals surface area contributed by atoms with Gasteiger partial charge in [-0.2, -0.15) is 0 Å². The Balaban J connectivity index is 0.971. The Morgan fingerprint density at radius 3 is 2.09 bits per heavy atom. The van der Waals surface area contributed by atoms with Crippen LogP contribution < -0.4 is 4.74 Å². The zero-order chi connectivity index (χ0) is 36.9. The number of rotatable bonds is 6. The number of para-hydroxylation sites is 1. The smallest absolute Gasteiger partial charge is 0.123 e. The standard InChI is InChI=1S/C54H44O/c1-36-10-7-13-43(30-36)49-33-44-12-3-4-16-47(44)50-32-42(27-28-48(49)50)38-19-23-40(24-20-38)53(45-14-8-11-37(2)31-45)41-25-21-39(22-26-41)46-15-9-29-54(34-46)35-55-52-18-6-5-17-51(52)54/h3-32,49,53H,33-35H2,1-2H3. The molecule has 3 aliphatic rings. The summed E-state index contributed by atoms with van der Waals surface area (Å²) >= 11 is 0. The highest BCUT2D eigenvalue weighted by Crippen LogP contribution is 2.48. The van der Waals surface area contributed by atoms with Gasteiger partial charge in [0.2, 0.25) is 0 Å². The second kappa shape index (κ2) is 13.6. The fraction of sp³-hybridized carbons (Fsp3) is 0.148. The molecule has 0 saturated carbocycles. The Morgan fingerprint density at radius 1 is 0.582 bits per heavy atom. The first-order valence-electron chi connectivity index (χ1n) is 19.7. The van der Waals surface area contributed by atoms with E-state index < -0.39 is 0 Å². The second-order valence-electron chi connectivity index (χ2n) is 15.9. The Bertz CT molecular complexity index is 2620. The molecule has 55 heavy (non-hydrogen) atoms. The monoisotopic (exact) mass is 708 g/mol. The summed E-state index contributed by atoms with van der Waals surface area (Å²) < 4.78 is 6.16. The summed E-state index contributed by atoms with van der Waals surface area (Å²) in [5, 5.41) is 0. The summed E-state index contributed by atoms with van der Waals surface area (Å²) in [4.78, 5) is 0. The lowest BCUT2D eigenvalue weighted by Gasteiger charge is -2.29. The van der Waals surface area contributed by atoms with E-state index in [1.54, 1.807) is 0 Å². The first-order valence-corrected chi connectivity index (χ1v) is 19.7. The summed E-state index contributed by atoms with van der Waals surface area (Å²) in [7, 11) is 0. The molecule has 0 bridgehead atoms. The van der Waals surface area contributed by atoms with Crippen molar-refractivity contribution in [3.05, 3.63) is 238 Å². The van der Waals surface area contributed by atoms with Crippen LogP contribution in [0.2, 0.25) is 0 Å². The van der Waals surface area contributed by atoms with Crippen LogP contribution in [0.1, 0.15) is 73.9 Å². The number of hydrogen-bond acceptors (Lipinski definition) is 1. The molecule has 7 aromatic carbocycles. The number of allylic oxidation sites excluding steroid dienone is 3. The number of fused-ring (bicyclic) bond motifs is 5. The highest BCUT2D eigenvalue weighted by molar-refractivity contribution is 5.80. The van der Waals surface area contributed by atoms with Crippen molar-refractivity contribution < 1.29 is 4.74 Å². The molecular formula is C54H44O. The molecule has 3 unspecified atom stereocenters. The van der Waals surface area contributed by atoms with E-state index in [2.05, 4.69) is 196 Å². The van der Waals surface area contributed by atoms with Gasteiger partial charge in [0.05, 0.1) is 5.41 Å². The van der Waals surface area contributed by atoms with Crippen molar-refractivity contribution in [2.45, 2.75) is 43.9 Å². The first-order chi connectivity index (χ1) is 27.0. The van der Waals surface area contributed by atoms with Crippen molar-refractivity contribution in [2.24, 2.45) is 0 Å². The van der Waals surface area contributed by atoms with Crippen LogP contribution in [0.5, 0.6) is 5.75 Å².